The van der Waals surface area contributed by atoms with Crippen LogP contribution in [0.4, 0.5) is 0 Å². The van der Waals surface area contributed by atoms with Crippen molar-refractivity contribution in [1.82, 2.24) is 9.80 Å². The van der Waals surface area contributed by atoms with Crippen LogP contribution in [-0.4, -0.2) is 43.0 Å². The van der Waals surface area contributed by atoms with Crippen LogP contribution in [0, 0.1) is 0 Å². The largest absolute Gasteiger partial charge is 0.326 e. The minimum Gasteiger partial charge on any atom is -0.326 e. The molecule has 1 saturated heterocycles. The quantitative estimate of drug-likeness (QED) is 0.861. The number of likely N-dealkylation sites (tertiary alicyclic amines) is 1. The van der Waals surface area contributed by atoms with E-state index in [1.807, 2.05) is 11.3 Å². The number of hydrogen-bond acceptors (Lipinski definition) is 4. The highest BCUT2D eigenvalue weighted by Gasteiger charge is 2.23. The second kappa shape index (κ2) is 5.27. The number of nitrogens with two attached hydrogens (primary N) is 1. The highest BCUT2D eigenvalue weighted by atomic mass is 32.1. The van der Waals surface area contributed by atoms with Gasteiger partial charge >= 0.3 is 0 Å². The zero-order valence-corrected chi connectivity index (χ0v) is 11.0. The maximum Gasteiger partial charge on any atom is 0.0328 e. The molecule has 2 rings (SSSR count). The summed E-state index contributed by atoms with van der Waals surface area (Å²) in [4.78, 5) is 7.61. The van der Waals surface area contributed by atoms with Gasteiger partial charge in [-0.25, -0.2) is 0 Å². The van der Waals surface area contributed by atoms with Crippen molar-refractivity contribution >= 4 is 11.3 Å². The minimum absolute atomic E-state index is 0.672. The van der Waals surface area contributed by atoms with Gasteiger partial charge in [0.15, 0.2) is 0 Å². The first-order chi connectivity index (χ1) is 7.69. The van der Waals surface area contributed by atoms with E-state index < -0.39 is 0 Å². The molecule has 0 radical (unpaired) electrons. The molecule has 2 N–H and O–H groups in total. The molecule has 1 aliphatic heterocycles. The van der Waals surface area contributed by atoms with Crippen LogP contribution >= 0.6 is 11.3 Å². The SMILES string of the molecule is CN(C)C1CCN(Cc2ccc(CN)s2)C1. The third-order valence-corrected chi connectivity index (χ3v) is 4.37. The van der Waals surface area contributed by atoms with E-state index in [-0.39, 0.29) is 0 Å². The Morgan fingerprint density at radius 2 is 2.19 bits per heavy atom. The molecule has 16 heavy (non-hydrogen) atoms. The molecule has 4 heteroatoms. The summed E-state index contributed by atoms with van der Waals surface area (Å²) < 4.78 is 0. The normalized spacial score (nSPS) is 22.1. The molecule has 1 atom stereocenters. The third-order valence-electron chi connectivity index (χ3n) is 3.28. The second-order valence-corrected chi connectivity index (χ2v) is 5.97. The lowest BCUT2D eigenvalue weighted by molar-refractivity contribution is 0.266. The second-order valence-electron chi connectivity index (χ2n) is 4.71. The van der Waals surface area contributed by atoms with Gasteiger partial charge in [-0.2, -0.15) is 0 Å². The zero-order valence-electron chi connectivity index (χ0n) is 10.1. The Hall–Kier alpha value is -0.420. The molecule has 2 heterocycles. The highest BCUT2D eigenvalue weighted by molar-refractivity contribution is 7.11. The van der Waals surface area contributed by atoms with Gasteiger partial charge in [0.05, 0.1) is 0 Å². The smallest absolute Gasteiger partial charge is 0.0328 e. The van der Waals surface area contributed by atoms with Gasteiger partial charge < -0.3 is 10.6 Å². The summed E-state index contributed by atoms with van der Waals surface area (Å²) in [6, 6.07) is 5.10. The van der Waals surface area contributed by atoms with E-state index in [9.17, 15) is 0 Å². The van der Waals surface area contributed by atoms with Crippen LogP contribution in [0.1, 0.15) is 16.2 Å². The van der Waals surface area contributed by atoms with Crippen LogP contribution in [0.3, 0.4) is 0 Å². The lowest BCUT2D eigenvalue weighted by atomic mass is 10.2. The maximum absolute atomic E-state index is 5.62. The Morgan fingerprint density at radius 3 is 2.75 bits per heavy atom. The minimum atomic E-state index is 0.672. The van der Waals surface area contributed by atoms with E-state index in [0.29, 0.717) is 6.54 Å². The molecular formula is C12H21N3S. The molecule has 0 aromatic carbocycles. The van der Waals surface area contributed by atoms with Crippen LogP contribution in [0.25, 0.3) is 0 Å². The van der Waals surface area contributed by atoms with Crippen molar-refractivity contribution in [2.24, 2.45) is 5.73 Å². The van der Waals surface area contributed by atoms with Gasteiger partial charge in [0.2, 0.25) is 0 Å². The van der Waals surface area contributed by atoms with Crippen LogP contribution < -0.4 is 5.73 Å². The lowest BCUT2D eigenvalue weighted by Gasteiger charge is -2.19. The van der Waals surface area contributed by atoms with Gasteiger partial charge in [-0.15, -0.1) is 11.3 Å². The lowest BCUT2D eigenvalue weighted by Crippen LogP contribution is -2.31. The van der Waals surface area contributed by atoms with Crippen molar-refractivity contribution < 1.29 is 0 Å². The first-order valence-electron chi connectivity index (χ1n) is 5.85. The maximum atomic E-state index is 5.62. The number of nitrogens with zero attached hydrogens (tertiary/aromatic N) is 2. The predicted octanol–water partition coefficient (Wildman–Crippen LogP) is 1.34. The Bertz CT molecular complexity index is 335. The molecule has 0 amide bonds. The van der Waals surface area contributed by atoms with Gasteiger partial charge in [-0.05, 0) is 32.6 Å². The Kier molecular flexibility index (Phi) is 3.97. The molecule has 0 spiro atoms. The van der Waals surface area contributed by atoms with Gasteiger partial charge in [-0.3, -0.25) is 4.90 Å². The average Bonchev–Trinajstić information content (AvgIpc) is 2.87. The summed E-state index contributed by atoms with van der Waals surface area (Å²) in [5.74, 6) is 0. The molecule has 1 aromatic heterocycles. The van der Waals surface area contributed by atoms with E-state index in [4.69, 9.17) is 5.73 Å². The molecule has 1 aromatic rings. The van der Waals surface area contributed by atoms with Crippen molar-refractivity contribution in [3.8, 4) is 0 Å². The molecule has 1 fully saturated rings. The Labute approximate surface area is 102 Å². The van der Waals surface area contributed by atoms with Crippen molar-refractivity contribution in [3.05, 3.63) is 21.9 Å². The highest BCUT2D eigenvalue weighted by Crippen LogP contribution is 2.21. The molecule has 1 aliphatic rings. The Balaban J connectivity index is 1.87. The summed E-state index contributed by atoms with van der Waals surface area (Å²) in [5, 5.41) is 0. The van der Waals surface area contributed by atoms with Gasteiger partial charge in [0.1, 0.15) is 0 Å². The van der Waals surface area contributed by atoms with E-state index in [1.54, 1.807) is 0 Å². The van der Waals surface area contributed by atoms with Gasteiger partial charge in [-0.1, -0.05) is 0 Å². The predicted molar refractivity (Wildman–Crippen MR) is 69.6 cm³/mol. The van der Waals surface area contributed by atoms with Crippen LogP contribution in [0.2, 0.25) is 0 Å². The van der Waals surface area contributed by atoms with Crippen molar-refractivity contribution in [3.63, 3.8) is 0 Å². The van der Waals surface area contributed by atoms with Gasteiger partial charge in [0.25, 0.3) is 0 Å². The molecule has 0 bridgehead atoms. The third kappa shape index (κ3) is 2.83. The molecule has 90 valence electrons. The van der Waals surface area contributed by atoms with Crippen molar-refractivity contribution in [1.29, 1.82) is 0 Å². The van der Waals surface area contributed by atoms with Crippen LogP contribution in [-0.2, 0) is 13.1 Å². The molecule has 1 unspecified atom stereocenters. The molecule has 0 aliphatic carbocycles. The number of likely N-dealkylation sites (N-methyl/N-ethyl adjacent to an activating group) is 1. The fourth-order valence-electron chi connectivity index (χ4n) is 2.21. The number of thiophene rings is 1. The summed E-state index contributed by atoms with van der Waals surface area (Å²) in [6.07, 6.45) is 1.29. The fraction of sp³-hybridized carbons (Fsp3) is 0.667. The van der Waals surface area contributed by atoms with E-state index in [1.165, 1.54) is 29.3 Å². The van der Waals surface area contributed by atoms with Crippen LogP contribution in [0.15, 0.2) is 12.1 Å². The summed E-state index contributed by atoms with van der Waals surface area (Å²) >= 11 is 1.85. The summed E-state index contributed by atoms with van der Waals surface area (Å²) in [7, 11) is 4.34. The fourth-order valence-corrected chi connectivity index (χ4v) is 3.15. The summed E-state index contributed by atoms with van der Waals surface area (Å²) in [6.45, 7) is 4.18. The van der Waals surface area contributed by atoms with Crippen LogP contribution in [0.5, 0.6) is 0 Å². The van der Waals surface area contributed by atoms with Gasteiger partial charge in [0, 0.05) is 42.0 Å². The van der Waals surface area contributed by atoms with Crippen molar-refractivity contribution in [2.75, 3.05) is 27.2 Å². The summed E-state index contributed by atoms with van der Waals surface area (Å²) in [5.41, 5.74) is 5.62. The number of hydrogen-bond donors (Lipinski definition) is 1. The first-order valence-corrected chi connectivity index (χ1v) is 6.67. The molecule has 3 nitrogen and oxygen atoms in total. The van der Waals surface area contributed by atoms with E-state index >= 15 is 0 Å². The number of rotatable bonds is 4. The monoisotopic (exact) mass is 239 g/mol. The standard InChI is InChI=1S/C12H21N3S/c1-14(2)10-5-6-15(8-10)9-12-4-3-11(7-13)16-12/h3-4,10H,5-9,13H2,1-2H3. The average molecular weight is 239 g/mol. The van der Waals surface area contributed by atoms with E-state index in [0.717, 1.165) is 12.6 Å². The molecule has 0 saturated carbocycles. The molecular weight excluding hydrogens is 218 g/mol. The Morgan fingerprint density at radius 1 is 1.44 bits per heavy atom. The zero-order chi connectivity index (χ0) is 11.5. The topological polar surface area (TPSA) is 32.5 Å². The van der Waals surface area contributed by atoms with Crippen molar-refractivity contribution in [2.45, 2.75) is 25.6 Å². The first kappa shape index (κ1) is 12.0. The van der Waals surface area contributed by atoms with E-state index in [2.05, 4.69) is 36.0 Å².